The van der Waals surface area contributed by atoms with Crippen molar-refractivity contribution in [1.82, 2.24) is 15.3 Å². The van der Waals surface area contributed by atoms with E-state index in [9.17, 15) is 4.39 Å². The molecule has 108 valence electrons. The van der Waals surface area contributed by atoms with Crippen LogP contribution in [0.5, 0.6) is 5.75 Å². The summed E-state index contributed by atoms with van der Waals surface area (Å²) in [7, 11) is 1.53. The van der Waals surface area contributed by atoms with Crippen molar-refractivity contribution in [2.45, 2.75) is 20.4 Å². The molecule has 2 rings (SSSR count). The second-order valence-corrected chi connectivity index (χ2v) is 5.09. The molecule has 1 heterocycles. The summed E-state index contributed by atoms with van der Waals surface area (Å²) in [6, 6.07) is 4.77. The number of aromatic amines is 1. The normalized spacial score (nSPS) is 11.1. The van der Waals surface area contributed by atoms with Crippen LogP contribution in [0.2, 0.25) is 0 Å². The lowest BCUT2D eigenvalue weighted by Crippen LogP contribution is -2.19. The average Bonchev–Trinajstić information content (AvgIpc) is 2.86. The summed E-state index contributed by atoms with van der Waals surface area (Å²) in [5.74, 6) is 1.53. The van der Waals surface area contributed by atoms with Gasteiger partial charge in [-0.05, 0) is 24.6 Å². The van der Waals surface area contributed by atoms with E-state index in [1.807, 2.05) is 0 Å². The van der Waals surface area contributed by atoms with Crippen LogP contribution in [0.4, 0.5) is 4.39 Å². The van der Waals surface area contributed by atoms with Crippen molar-refractivity contribution in [1.29, 1.82) is 0 Å². The topological polar surface area (TPSA) is 49.9 Å². The number of rotatable bonds is 6. The fourth-order valence-corrected chi connectivity index (χ4v) is 1.99. The first-order valence-electron chi connectivity index (χ1n) is 6.69. The SMILES string of the molecule is COc1cccc(F)c1-c1cnc(CNCC(C)C)[nH]1. The van der Waals surface area contributed by atoms with Crippen molar-refractivity contribution in [2.24, 2.45) is 5.92 Å². The lowest BCUT2D eigenvalue weighted by Gasteiger charge is -2.07. The van der Waals surface area contributed by atoms with Crippen molar-refractivity contribution < 1.29 is 9.13 Å². The van der Waals surface area contributed by atoms with E-state index in [1.165, 1.54) is 13.2 Å². The molecule has 2 aromatic rings. The number of halogens is 1. The largest absolute Gasteiger partial charge is 0.496 e. The molecular weight excluding hydrogens is 257 g/mol. The lowest BCUT2D eigenvalue weighted by atomic mass is 10.1. The average molecular weight is 277 g/mol. The Morgan fingerprint density at radius 2 is 2.20 bits per heavy atom. The molecule has 0 atom stereocenters. The maximum atomic E-state index is 13.9. The predicted octanol–water partition coefficient (Wildman–Crippen LogP) is 2.97. The fourth-order valence-electron chi connectivity index (χ4n) is 1.99. The van der Waals surface area contributed by atoms with E-state index in [0.717, 1.165) is 12.4 Å². The Balaban J connectivity index is 2.16. The van der Waals surface area contributed by atoms with E-state index >= 15 is 0 Å². The number of imidazole rings is 1. The van der Waals surface area contributed by atoms with Gasteiger partial charge in [0.1, 0.15) is 17.4 Å². The van der Waals surface area contributed by atoms with Gasteiger partial charge >= 0.3 is 0 Å². The van der Waals surface area contributed by atoms with Gasteiger partial charge in [0.25, 0.3) is 0 Å². The van der Waals surface area contributed by atoms with Gasteiger partial charge < -0.3 is 15.0 Å². The molecule has 5 heteroatoms. The Morgan fingerprint density at radius 3 is 2.90 bits per heavy atom. The Labute approximate surface area is 118 Å². The molecule has 1 aromatic carbocycles. The molecule has 1 aromatic heterocycles. The summed E-state index contributed by atoms with van der Waals surface area (Å²) in [5, 5.41) is 3.29. The number of ether oxygens (including phenoxy) is 1. The van der Waals surface area contributed by atoms with Gasteiger partial charge in [0.15, 0.2) is 0 Å². The Hall–Kier alpha value is -1.88. The molecule has 4 nitrogen and oxygen atoms in total. The first-order chi connectivity index (χ1) is 9.61. The van der Waals surface area contributed by atoms with Gasteiger partial charge in [0.05, 0.1) is 31.1 Å². The monoisotopic (exact) mass is 277 g/mol. The first kappa shape index (κ1) is 14.5. The van der Waals surface area contributed by atoms with E-state index in [0.29, 0.717) is 29.5 Å². The van der Waals surface area contributed by atoms with E-state index in [-0.39, 0.29) is 5.82 Å². The molecule has 0 fully saturated rings. The highest BCUT2D eigenvalue weighted by molar-refractivity contribution is 5.67. The number of aromatic nitrogens is 2. The highest BCUT2D eigenvalue weighted by atomic mass is 19.1. The maximum Gasteiger partial charge on any atom is 0.136 e. The minimum Gasteiger partial charge on any atom is -0.496 e. The van der Waals surface area contributed by atoms with Crippen molar-refractivity contribution in [3.05, 3.63) is 36.0 Å². The molecule has 0 spiro atoms. The molecule has 0 radical (unpaired) electrons. The summed E-state index contributed by atoms with van der Waals surface area (Å²) >= 11 is 0. The van der Waals surface area contributed by atoms with Crippen molar-refractivity contribution in [3.63, 3.8) is 0 Å². The second kappa shape index (κ2) is 6.52. The molecule has 20 heavy (non-hydrogen) atoms. The van der Waals surface area contributed by atoms with Crippen LogP contribution < -0.4 is 10.1 Å². The number of methoxy groups -OCH3 is 1. The number of hydrogen-bond acceptors (Lipinski definition) is 3. The van der Waals surface area contributed by atoms with Gasteiger partial charge in [-0.15, -0.1) is 0 Å². The molecule has 0 bridgehead atoms. The van der Waals surface area contributed by atoms with Crippen molar-refractivity contribution in [3.8, 4) is 17.0 Å². The van der Waals surface area contributed by atoms with Crippen LogP contribution in [0, 0.1) is 11.7 Å². The Kier molecular flexibility index (Phi) is 4.74. The first-order valence-corrected chi connectivity index (χ1v) is 6.69. The number of nitrogens with one attached hydrogen (secondary N) is 2. The van der Waals surface area contributed by atoms with Crippen LogP contribution in [0.25, 0.3) is 11.3 Å². The number of hydrogen-bond donors (Lipinski definition) is 2. The van der Waals surface area contributed by atoms with Gasteiger partial charge in [0.2, 0.25) is 0 Å². The highest BCUT2D eigenvalue weighted by Crippen LogP contribution is 2.31. The van der Waals surface area contributed by atoms with E-state index in [1.54, 1.807) is 18.3 Å². The quantitative estimate of drug-likeness (QED) is 0.853. The van der Waals surface area contributed by atoms with Crippen LogP contribution in [0.3, 0.4) is 0 Å². The van der Waals surface area contributed by atoms with Crippen LogP contribution in [-0.2, 0) is 6.54 Å². The predicted molar refractivity (Wildman–Crippen MR) is 77.1 cm³/mol. The van der Waals surface area contributed by atoms with Crippen LogP contribution in [0.1, 0.15) is 19.7 Å². The smallest absolute Gasteiger partial charge is 0.136 e. The summed E-state index contributed by atoms with van der Waals surface area (Å²) < 4.78 is 19.1. The molecule has 0 unspecified atom stereocenters. The second-order valence-electron chi connectivity index (χ2n) is 5.09. The van der Waals surface area contributed by atoms with Crippen LogP contribution in [0.15, 0.2) is 24.4 Å². The van der Waals surface area contributed by atoms with Gasteiger partial charge in [-0.1, -0.05) is 19.9 Å². The zero-order chi connectivity index (χ0) is 14.5. The number of benzene rings is 1. The van der Waals surface area contributed by atoms with Crippen molar-refractivity contribution in [2.75, 3.05) is 13.7 Å². The van der Waals surface area contributed by atoms with Gasteiger partial charge in [-0.2, -0.15) is 0 Å². The molecule has 0 saturated heterocycles. The summed E-state index contributed by atoms with van der Waals surface area (Å²) in [5.41, 5.74) is 1.04. The van der Waals surface area contributed by atoms with E-state index in [2.05, 4.69) is 29.1 Å². The Bertz CT molecular complexity index is 566. The van der Waals surface area contributed by atoms with Gasteiger partial charge in [-0.3, -0.25) is 0 Å². The van der Waals surface area contributed by atoms with Crippen LogP contribution in [-0.4, -0.2) is 23.6 Å². The standard InChI is InChI=1S/C15H20FN3O/c1-10(2)7-17-9-14-18-8-12(19-14)15-11(16)5-4-6-13(15)20-3/h4-6,8,10,17H,7,9H2,1-3H3,(H,18,19). The summed E-state index contributed by atoms with van der Waals surface area (Å²) in [6.45, 7) is 5.84. The summed E-state index contributed by atoms with van der Waals surface area (Å²) in [4.78, 5) is 7.39. The molecule has 0 amide bonds. The Morgan fingerprint density at radius 1 is 1.40 bits per heavy atom. The van der Waals surface area contributed by atoms with E-state index < -0.39 is 0 Å². The molecule has 0 aliphatic heterocycles. The number of H-pyrrole nitrogens is 1. The van der Waals surface area contributed by atoms with Gasteiger partial charge in [-0.25, -0.2) is 9.37 Å². The van der Waals surface area contributed by atoms with Crippen LogP contribution >= 0.6 is 0 Å². The summed E-state index contributed by atoms with van der Waals surface area (Å²) in [6.07, 6.45) is 1.63. The molecule has 0 saturated carbocycles. The molecule has 2 N–H and O–H groups in total. The third kappa shape index (κ3) is 3.36. The minimum absolute atomic E-state index is 0.324. The van der Waals surface area contributed by atoms with E-state index in [4.69, 9.17) is 4.74 Å². The highest BCUT2D eigenvalue weighted by Gasteiger charge is 2.13. The van der Waals surface area contributed by atoms with Gasteiger partial charge in [0, 0.05) is 0 Å². The number of nitrogens with zero attached hydrogens (tertiary/aromatic N) is 1. The lowest BCUT2D eigenvalue weighted by molar-refractivity contribution is 0.413. The molecular formula is C15H20FN3O. The zero-order valence-electron chi connectivity index (χ0n) is 12.0. The third-order valence-electron chi connectivity index (χ3n) is 2.94. The molecule has 0 aliphatic rings. The third-order valence-corrected chi connectivity index (χ3v) is 2.94. The van der Waals surface area contributed by atoms with Crippen molar-refractivity contribution >= 4 is 0 Å². The maximum absolute atomic E-state index is 13.9. The minimum atomic E-state index is -0.324. The fraction of sp³-hybridized carbons (Fsp3) is 0.400. The zero-order valence-corrected chi connectivity index (χ0v) is 12.0. The molecule has 0 aliphatic carbocycles.